The highest BCUT2D eigenvalue weighted by Crippen LogP contribution is 2.19. The van der Waals surface area contributed by atoms with E-state index in [0.29, 0.717) is 5.02 Å². The van der Waals surface area contributed by atoms with E-state index in [4.69, 9.17) is 22.1 Å². The van der Waals surface area contributed by atoms with Crippen LogP contribution in [-0.2, 0) is 9.53 Å². The van der Waals surface area contributed by atoms with Crippen molar-refractivity contribution in [2.45, 2.75) is 25.5 Å². The zero-order valence-electron chi connectivity index (χ0n) is 10.7. The smallest absolute Gasteiger partial charge is 0.250 e. The summed E-state index contributed by atoms with van der Waals surface area (Å²) < 4.78 is 5.00. The maximum atomic E-state index is 11.9. The van der Waals surface area contributed by atoms with E-state index < -0.39 is 6.10 Å². The van der Waals surface area contributed by atoms with Crippen molar-refractivity contribution in [1.29, 1.82) is 0 Å². The maximum absolute atomic E-state index is 11.9. The molecule has 1 aromatic carbocycles. The molecule has 0 bridgehead atoms. The molecule has 4 nitrogen and oxygen atoms in total. The molecule has 18 heavy (non-hydrogen) atoms. The molecule has 3 N–H and O–H groups in total. The minimum Gasteiger partial charge on any atom is -0.370 e. The molecular weight excluding hydrogens is 252 g/mol. The van der Waals surface area contributed by atoms with Crippen molar-refractivity contribution in [2.24, 2.45) is 5.73 Å². The van der Waals surface area contributed by atoms with Gasteiger partial charge in [-0.2, -0.15) is 0 Å². The molecule has 0 aliphatic rings. The standard InChI is InChI=1S/C13H19ClN2O2/c1-3-11(9-4-6-10(14)7-5-9)16-13(17)12(8-15)18-2/h4-7,11-12H,3,8,15H2,1-2H3,(H,16,17). The monoisotopic (exact) mass is 270 g/mol. The molecule has 0 radical (unpaired) electrons. The second kappa shape index (κ2) is 7.36. The number of nitrogens with two attached hydrogens (primary N) is 1. The van der Waals surface area contributed by atoms with E-state index in [1.807, 2.05) is 31.2 Å². The van der Waals surface area contributed by atoms with Gasteiger partial charge in [-0.05, 0) is 24.1 Å². The minimum atomic E-state index is -0.605. The SMILES string of the molecule is CCC(NC(=O)C(CN)OC)c1ccc(Cl)cc1. The first-order valence-electron chi connectivity index (χ1n) is 5.91. The molecule has 0 saturated heterocycles. The van der Waals surface area contributed by atoms with Crippen molar-refractivity contribution in [3.05, 3.63) is 34.9 Å². The third kappa shape index (κ3) is 3.98. The molecule has 0 fully saturated rings. The van der Waals surface area contributed by atoms with Crippen LogP contribution in [0.1, 0.15) is 24.9 Å². The second-order valence-corrected chi connectivity index (χ2v) is 4.42. The Morgan fingerprint density at radius 1 is 1.44 bits per heavy atom. The molecule has 5 heteroatoms. The molecule has 2 unspecified atom stereocenters. The molecule has 0 spiro atoms. The third-order valence-corrected chi connectivity index (χ3v) is 3.04. The first-order valence-corrected chi connectivity index (χ1v) is 6.28. The molecule has 0 aliphatic carbocycles. The molecule has 0 saturated carbocycles. The number of rotatable bonds is 6. The molecule has 100 valence electrons. The Bertz CT molecular complexity index is 377. The number of halogens is 1. The molecule has 1 amide bonds. The predicted molar refractivity (Wildman–Crippen MR) is 72.5 cm³/mol. The Labute approximate surface area is 112 Å². The van der Waals surface area contributed by atoms with Gasteiger partial charge in [0.05, 0.1) is 6.04 Å². The number of amides is 1. The van der Waals surface area contributed by atoms with E-state index in [1.54, 1.807) is 0 Å². The maximum Gasteiger partial charge on any atom is 0.250 e. The Morgan fingerprint density at radius 3 is 2.50 bits per heavy atom. The summed E-state index contributed by atoms with van der Waals surface area (Å²) in [5.74, 6) is -0.193. The van der Waals surface area contributed by atoms with E-state index >= 15 is 0 Å². The van der Waals surface area contributed by atoms with Crippen LogP contribution in [0.4, 0.5) is 0 Å². The summed E-state index contributed by atoms with van der Waals surface area (Å²) in [4.78, 5) is 11.9. The first-order chi connectivity index (χ1) is 8.62. The Morgan fingerprint density at radius 2 is 2.06 bits per heavy atom. The van der Waals surface area contributed by atoms with Gasteiger partial charge in [0.2, 0.25) is 0 Å². The highest BCUT2D eigenvalue weighted by molar-refractivity contribution is 6.30. The fourth-order valence-corrected chi connectivity index (χ4v) is 1.82. The third-order valence-electron chi connectivity index (χ3n) is 2.79. The topological polar surface area (TPSA) is 64.4 Å². The van der Waals surface area contributed by atoms with E-state index in [2.05, 4.69) is 5.32 Å². The van der Waals surface area contributed by atoms with Gasteiger partial charge in [0.25, 0.3) is 5.91 Å². The summed E-state index contributed by atoms with van der Waals surface area (Å²) in [5.41, 5.74) is 6.47. The normalized spacial score (nSPS) is 14.0. The zero-order chi connectivity index (χ0) is 13.5. The van der Waals surface area contributed by atoms with Gasteiger partial charge < -0.3 is 15.8 Å². The molecule has 0 heterocycles. The van der Waals surface area contributed by atoms with Crippen molar-refractivity contribution >= 4 is 17.5 Å². The molecule has 2 atom stereocenters. The van der Waals surface area contributed by atoms with E-state index in [-0.39, 0.29) is 18.5 Å². The van der Waals surface area contributed by atoms with E-state index in [9.17, 15) is 4.79 Å². The van der Waals surface area contributed by atoms with Crippen LogP contribution in [0.3, 0.4) is 0 Å². The van der Waals surface area contributed by atoms with Gasteiger partial charge in [0, 0.05) is 18.7 Å². The number of hydrogen-bond donors (Lipinski definition) is 2. The fourth-order valence-electron chi connectivity index (χ4n) is 1.69. The van der Waals surface area contributed by atoms with Crippen molar-refractivity contribution in [3.8, 4) is 0 Å². The highest BCUT2D eigenvalue weighted by Gasteiger charge is 2.19. The predicted octanol–water partition coefficient (Wildman–Crippen LogP) is 1.88. The van der Waals surface area contributed by atoms with Crippen LogP contribution < -0.4 is 11.1 Å². The van der Waals surface area contributed by atoms with Crippen LogP contribution in [0.2, 0.25) is 5.02 Å². The second-order valence-electron chi connectivity index (χ2n) is 3.98. The average Bonchev–Trinajstić information content (AvgIpc) is 2.38. The lowest BCUT2D eigenvalue weighted by Gasteiger charge is -2.20. The van der Waals surface area contributed by atoms with Gasteiger partial charge in [0.1, 0.15) is 6.10 Å². The first kappa shape index (κ1) is 15.0. The largest absolute Gasteiger partial charge is 0.370 e. The van der Waals surface area contributed by atoms with Gasteiger partial charge in [-0.3, -0.25) is 4.79 Å². The van der Waals surface area contributed by atoms with Crippen molar-refractivity contribution in [3.63, 3.8) is 0 Å². The number of carbonyl (C=O) groups excluding carboxylic acids is 1. The lowest BCUT2D eigenvalue weighted by Crippen LogP contribution is -2.42. The number of methoxy groups -OCH3 is 1. The zero-order valence-corrected chi connectivity index (χ0v) is 11.4. The quantitative estimate of drug-likeness (QED) is 0.830. The summed E-state index contributed by atoms with van der Waals surface area (Å²) >= 11 is 5.84. The van der Waals surface area contributed by atoms with Gasteiger partial charge in [-0.1, -0.05) is 30.7 Å². The summed E-state index contributed by atoms with van der Waals surface area (Å²) in [6.45, 7) is 2.17. The molecule has 1 aromatic rings. The van der Waals surface area contributed by atoms with Crippen LogP contribution >= 0.6 is 11.6 Å². The Kier molecular flexibility index (Phi) is 6.12. The van der Waals surface area contributed by atoms with Crippen molar-refractivity contribution < 1.29 is 9.53 Å². The summed E-state index contributed by atoms with van der Waals surface area (Å²) in [5, 5.41) is 3.59. The van der Waals surface area contributed by atoms with Crippen LogP contribution in [0.5, 0.6) is 0 Å². The van der Waals surface area contributed by atoms with Crippen molar-refractivity contribution in [2.75, 3.05) is 13.7 Å². The van der Waals surface area contributed by atoms with Gasteiger partial charge in [0.15, 0.2) is 0 Å². The molecular formula is C13H19ClN2O2. The fraction of sp³-hybridized carbons (Fsp3) is 0.462. The number of hydrogen-bond acceptors (Lipinski definition) is 3. The molecule has 1 rings (SSSR count). The number of carbonyl (C=O) groups is 1. The number of ether oxygens (including phenoxy) is 1. The Hall–Kier alpha value is -1.10. The number of benzene rings is 1. The van der Waals surface area contributed by atoms with Gasteiger partial charge in [-0.15, -0.1) is 0 Å². The molecule has 0 aromatic heterocycles. The van der Waals surface area contributed by atoms with Crippen LogP contribution in [0.15, 0.2) is 24.3 Å². The summed E-state index contributed by atoms with van der Waals surface area (Å²) in [6.07, 6.45) is 0.181. The van der Waals surface area contributed by atoms with Gasteiger partial charge >= 0.3 is 0 Å². The van der Waals surface area contributed by atoms with E-state index in [0.717, 1.165) is 12.0 Å². The minimum absolute atomic E-state index is 0.0565. The van der Waals surface area contributed by atoms with E-state index in [1.165, 1.54) is 7.11 Å². The van der Waals surface area contributed by atoms with Crippen molar-refractivity contribution in [1.82, 2.24) is 5.32 Å². The summed E-state index contributed by atoms with van der Waals surface area (Å²) in [6, 6.07) is 7.37. The summed E-state index contributed by atoms with van der Waals surface area (Å²) in [7, 11) is 1.47. The number of nitrogens with one attached hydrogen (secondary N) is 1. The lowest BCUT2D eigenvalue weighted by atomic mass is 10.0. The molecule has 0 aliphatic heterocycles. The van der Waals surface area contributed by atoms with Crippen LogP contribution in [0.25, 0.3) is 0 Å². The highest BCUT2D eigenvalue weighted by atomic mass is 35.5. The van der Waals surface area contributed by atoms with Crippen LogP contribution in [0, 0.1) is 0 Å². The Balaban J connectivity index is 2.73. The van der Waals surface area contributed by atoms with Crippen LogP contribution in [-0.4, -0.2) is 25.7 Å². The lowest BCUT2D eigenvalue weighted by molar-refractivity contribution is -0.131. The van der Waals surface area contributed by atoms with Gasteiger partial charge in [-0.25, -0.2) is 0 Å². The average molecular weight is 271 g/mol.